The molecule has 0 aliphatic heterocycles. The van der Waals surface area contributed by atoms with E-state index in [2.05, 4.69) is 27.7 Å². The van der Waals surface area contributed by atoms with Crippen LogP contribution < -0.4 is 0 Å². The fraction of sp³-hybridized carbons (Fsp3) is 0.500. The van der Waals surface area contributed by atoms with Crippen LogP contribution in [0.15, 0.2) is 18.2 Å². The summed E-state index contributed by atoms with van der Waals surface area (Å²) >= 11 is 0. The van der Waals surface area contributed by atoms with Crippen molar-refractivity contribution in [3.63, 3.8) is 0 Å². The number of phenols is 1. The van der Waals surface area contributed by atoms with Crippen molar-refractivity contribution in [2.75, 3.05) is 0 Å². The van der Waals surface area contributed by atoms with E-state index >= 15 is 0 Å². The molecule has 1 rings (SSSR count). The Morgan fingerprint density at radius 1 is 0.947 bits per heavy atom. The van der Waals surface area contributed by atoms with Gasteiger partial charge in [-0.05, 0) is 23.0 Å². The summed E-state index contributed by atoms with van der Waals surface area (Å²) in [6.45, 7) is 8.39. The Labute approximate surface area is 136 Å². The number of hydrogen-bond acceptors (Lipinski definition) is 2. The topological polar surface area (TPSA) is 98.0 Å². The SMILES string of the molecule is CC(C)c1cccc(C(C)C)c1O.O=P(O)(O)O.[NaH]. The average molecular weight is 300 g/mol. The predicted octanol–water partition coefficient (Wildman–Crippen LogP) is 2.06. The van der Waals surface area contributed by atoms with E-state index in [0.717, 1.165) is 11.1 Å². The van der Waals surface area contributed by atoms with Gasteiger partial charge < -0.3 is 19.8 Å². The van der Waals surface area contributed by atoms with Crippen LogP contribution in [-0.4, -0.2) is 49.3 Å². The first-order valence-corrected chi connectivity index (χ1v) is 7.20. The monoisotopic (exact) mass is 300 g/mol. The van der Waals surface area contributed by atoms with Crippen molar-refractivity contribution >= 4 is 37.4 Å². The number of phenolic OH excluding ortho intramolecular Hbond substituents is 1. The van der Waals surface area contributed by atoms with Crippen LogP contribution in [0.25, 0.3) is 0 Å². The molecule has 0 amide bonds. The van der Waals surface area contributed by atoms with Crippen LogP contribution in [0.4, 0.5) is 0 Å². The summed E-state index contributed by atoms with van der Waals surface area (Å²) in [6, 6.07) is 6.00. The zero-order chi connectivity index (χ0) is 14.5. The molecule has 0 spiro atoms. The van der Waals surface area contributed by atoms with Gasteiger partial charge in [0.15, 0.2) is 0 Å². The molecule has 0 radical (unpaired) electrons. The maximum atomic E-state index is 9.93. The van der Waals surface area contributed by atoms with Gasteiger partial charge in [-0.1, -0.05) is 45.9 Å². The van der Waals surface area contributed by atoms with E-state index in [1.165, 1.54) is 0 Å². The molecule has 0 saturated heterocycles. The number of aromatic hydroxyl groups is 1. The van der Waals surface area contributed by atoms with Crippen LogP contribution in [0.5, 0.6) is 5.75 Å². The van der Waals surface area contributed by atoms with E-state index < -0.39 is 7.82 Å². The van der Waals surface area contributed by atoms with Gasteiger partial charge in [-0.2, -0.15) is 0 Å². The maximum absolute atomic E-state index is 9.93. The van der Waals surface area contributed by atoms with Crippen molar-refractivity contribution in [2.45, 2.75) is 39.5 Å². The van der Waals surface area contributed by atoms with Crippen LogP contribution in [0, 0.1) is 0 Å². The van der Waals surface area contributed by atoms with Crippen LogP contribution >= 0.6 is 7.82 Å². The van der Waals surface area contributed by atoms with Crippen LogP contribution in [0.2, 0.25) is 0 Å². The van der Waals surface area contributed by atoms with E-state index in [1.54, 1.807) is 0 Å². The molecule has 7 heteroatoms. The van der Waals surface area contributed by atoms with Crippen molar-refractivity contribution in [2.24, 2.45) is 0 Å². The van der Waals surface area contributed by atoms with Crippen molar-refractivity contribution < 1.29 is 24.4 Å². The second-order valence-corrected chi connectivity index (χ2v) is 5.63. The fourth-order valence-electron chi connectivity index (χ4n) is 1.51. The summed E-state index contributed by atoms with van der Waals surface area (Å²) in [5.41, 5.74) is 2.09. The van der Waals surface area contributed by atoms with Crippen molar-refractivity contribution in [1.29, 1.82) is 0 Å². The van der Waals surface area contributed by atoms with Gasteiger partial charge in [-0.3, -0.25) is 0 Å². The Balaban J connectivity index is 0. The normalized spacial score (nSPS) is 10.8. The molecule has 1 aromatic carbocycles. The Kier molecular flexibility index (Phi) is 10.3. The van der Waals surface area contributed by atoms with Crippen molar-refractivity contribution in [3.05, 3.63) is 29.3 Å². The number of hydrogen-bond donors (Lipinski definition) is 4. The summed E-state index contributed by atoms with van der Waals surface area (Å²) in [5, 5.41) is 9.93. The van der Waals surface area contributed by atoms with Gasteiger partial charge in [-0.15, -0.1) is 0 Å². The zero-order valence-corrected chi connectivity index (χ0v) is 11.9. The van der Waals surface area contributed by atoms with Gasteiger partial charge >= 0.3 is 37.4 Å². The molecule has 0 heterocycles. The molecule has 0 unspecified atom stereocenters. The van der Waals surface area contributed by atoms with Gasteiger partial charge in [0.2, 0.25) is 0 Å². The molecule has 0 fully saturated rings. The predicted molar refractivity (Wildman–Crippen MR) is 77.7 cm³/mol. The fourth-order valence-corrected chi connectivity index (χ4v) is 1.51. The van der Waals surface area contributed by atoms with Gasteiger partial charge in [-0.25, -0.2) is 4.57 Å². The molecule has 0 bridgehead atoms. The number of rotatable bonds is 2. The minimum atomic E-state index is -4.64. The van der Waals surface area contributed by atoms with E-state index in [1.807, 2.05) is 18.2 Å². The average Bonchev–Trinajstić information content (AvgIpc) is 2.14. The summed E-state index contributed by atoms with van der Waals surface area (Å²) in [6.07, 6.45) is 0. The first-order valence-electron chi connectivity index (χ1n) is 5.64. The third kappa shape index (κ3) is 9.63. The second kappa shape index (κ2) is 9.14. The Hall–Kier alpha value is 0.130. The minimum absolute atomic E-state index is 0. The van der Waals surface area contributed by atoms with Crippen molar-refractivity contribution in [3.8, 4) is 5.75 Å². The molecule has 5 nitrogen and oxygen atoms in total. The van der Waals surface area contributed by atoms with E-state index in [-0.39, 0.29) is 29.6 Å². The first kappa shape index (κ1) is 21.4. The van der Waals surface area contributed by atoms with Gasteiger partial charge in [0.1, 0.15) is 5.75 Å². The summed E-state index contributed by atoms with van der Waals surface area (Å²) < 4.78 is 8.88. The molecule has 0 saturated carbocycles. The zero-order valence-electron chi connectivity index (χ0n) is 11.0. The molecule has 1 aromatic rings. The molecule has 0 atom stereocenters. The summed E-state index contributed by atoms with van der Waals surface area (Å²) in [4.78, 5) is 21.6. The Bertz CT molecular complexity index is 394. The standard InChI is InChI=1S/C12H18O.Na.H3O4P.H/c1-8(2)10-6-5-7-11(9(3)4)12(10)13;;1-5(2,3)4;/h5-9,13H,1-4H3;;(H3,1,2,3,4);. The number of phosphoric acid groups is 1. The van der Waals surface area contributed by atoms with E-state index in [9.17, 15) is 5.11 Å². The third-order valence-electron chi connectivity index (χ3n) is 2.34. The van der Waals surface area contributed by atoms with Crippen molar-refractivity contribution in [1.82, 2.24) is 0 Å². The molecule has 0 aliphatic carbocycles. The van der Waals surface area contributed by atoms with Gasteiger partial charge in [0, 0.05) is 0 Å². The second-order valence-electron chi connectivity index (χ2n) is 4.61. The molecular formula is C12H22NaO5P. The third-order valence-corrected chi connectivity index (χ3v) is 2.34. The van der Waals surface area contributed by atoms with Crippen LogP contribution in [0.1, 0.15) is 50.7 Å². The molecule has 0 aromatic heterocycles. The Morgan fingerprint density at radius 3 is 1.42 bits per heavy atom. The van der Waals surface area contributed by atoms with E-state index in [0.29, 0.717) is 17.6 Å². The summed E-state index contributed by atoms with van der Waals surface area (Å²) in [5.74, 6) is 1.25. The summed E-state index contributed by atoms with van der Waals surface area (Å²) in [7, 11) is -4.64. The molecular weight excluding hydrogens is 278 g/mol. The van der Waals surface area contributed by atoms with Gasteiger partial charge in [0.25, 0.3) is 0 Å². The van der Waals surface area contributed by atoms with Crippen LogP contribution in [-0.2, 0) is 4.57 Å². The molecule has 4 N–H and O–H groups in total. The molecule has 0 aliphatic rings. The first-order chi connectivity index (χ1) is 8.04. The molecule has 106 valence electrons. The van der Waals surface area contributed by atoms with Gasteiger partial charge in [0.05, 0.1) is 0 Å². The number of benzene rings is 1. The molecule has 19 heavy (non-hydrogen) atoms. The van der Waals surface area contributed by atoms with E-state index in [4.69, 9.17) is 19.2 Å². The number of para-hydroxylation sites is 1. The Morgan fingerprint density at radius 2 is 1.21 bits per heavy atom. The quantitative estimate of drug-likeness (QED) is 0.495. The van der Waals surface area contributed by atoms with Crippen LogP contribution in [0.3, 0.4) is 0 Å².